The Morgan fingerprint density at radius 3 is 2.52 bits per heavy atom. The summed E-state index contributed by atoms with van der Waals surface area (Å²) in [6.45, 7) is 3.65. The van der Waals surface area contributed by atoms with Crippen molar-refractivity contribution < 1.29 is 4.79 Å². The highest BCUT2D eigenvalue weighted by Crippen LogP contribution is 2.59. The van der Waals surface area contributed by atoms with Gasteiger partial charge in [0.1, 0.15) is 0 Å². The fourth-order valence-electron chi connectivity index (χ4n) is 7.21. The van der Waals surface area contributed by atoms with E-state index in [9.17, 15) is 4.79 Å². The van der Waals surface area contributed by atoms with Crippen LogP contribution in [0, 0.1) is 23.2 Å². The third-order valence-corrected chi connectivity index (χ3v) is 8.34. The summed E-state index contributed by atoms with van der Waals surface area (Å²) in [7, 11) is 0. The maximum absolute atomic E-state index is 13.0. The van der Waals surface area contributed by atoms with Gasteiger partial charge in [0, 0.05) is 25.7 Å². The average Bonchev–Trinajstić information content (AvgIpc) is 2.67. The van der Waals surface area contributed by atoms with E-state index in [1.807, 2.05) is 18.2 Å². The van der Waals surface area contributed by atoms with E-state index in [4.69, 9.17) is 17.3 Å². The molecule has 1 heterocycles. The largest absolute Gasteiger partial charge is 0.351 e. The number of nitrogens with two attached hydrogens (primary N) is 1. The summed E-state index contributed by atoms with van der Waals surface area (Å²) in [5, 5.41) is 3.83. The van der Waals surface area contributed by atoms with Crippen molar-refractivity contribution in [2.24, 2.45) is 28.9 Å². The van der Waals surface area contributed by atoms with Gasteiger partial charge in [-0.15, -0.1) is 0 Å². The number of piperidine rings is 1. The fraction of sp³-hybridized carbons (Fsp3) is 0.708. The van der Waals surface area contributed by atoms with Crippen LogP contribution in [-0.4, -0.2) is 36.5 Å². The van der Waals surface area contributed by atoms with Crippen LogP contribution < -0.4 is 11.1 Å². The van der Waals surface area contributed by atoms with Crippen molar-refractivity contribution in [1.29, 1.82) is 0 Å². The molecule has 158 valence electrons. The highest BCUT2D eigenvalue weighted by atomic mass is 35.5. The molecule has 1 atom stereocenters. The molecule has 3 N–H and O–H groups in total. The molecule has 1 aliphatic heterocycles. The Labute approximate surface area is 179 Å². The summed E-state index contributed by atoms with van der Waals surface area (Å²) in [6.07, 6.45) is 10.5. The van der Waals surface area contributed by atoms with Gasteiger partial charge in [0.05, 0.1) is 10.6 Å². The molecule has 0 aromatic heterocycles. The van der Waals surface area contributed by atoms with E-state index >= 15 is 0 Å². The Kier molecular flexibility index (Phi) is 5.38. The zero-order valence-electron chi connectivity index (χ0n) is 17.3. The first-order chi connectivity index (χ1) is 14.0. The van der Waals surface area contributed by atoms with Crippen LogP contribution in [0.5, 0.6) is 0 Å². The number of carbonyl (C=O) groups excluding carboxylic acids is 1. The van der Waals surface area contributed by atoms with Crippen LogP contribution in [0.2, 0.25) is 5.02 Å². The number of hydrogen-bond donors (Lipinski definition) is 2. The Morgan fingerprint density at radius 2 is 1.86 bits per heavy atom. The van der Waals surface area contributed by atoms with Crippen LogP contribution in [0.15, 0.2) is 18.2 Å². The SMILES string of the molecule is NC1CCCN(Cc2ccc(Cl)c(C(=O)NCC34CC5CC(CC(C5)C3)C4)c2)C1. The first-order valence-corrected chi connectivity index (χ1v) is 11.9. The molecule has 5 heteroatoms. The summed E-state index contributed by atoms with van der Waals surface area (Å²) in [4.78, 5) is 15.4. The predicted molar refractivity (Wildman–Crippen MR) is 117 cm³/mol. The Bertz CT molecular complexity index is 744. The number of rotatable bonds is 5. The molecule has 0 radical (unpaired) electrons. The van der Waals surface area contributed by atoms with Crippen molar-refractivity contribution in [2.45, 2.75) is 64.0 Å². The van der Waals surface area contributed by atoms with Crippen molar-refractivity contribution in [3.05, 3.63) is 34.3 Å². The standard InChI is InChI=1S/C24H34ClN3O/c25-22-4-3-16(13-28-5-1-2-20(26)14-28)9-21(22)23(29)27-15-24-10-17-6-18(11-24)8-19(7-17)12-24/h3-4,9,17-20H,1-2,5-8,10-15,26H2,(H,27,29). The molecular formula is C24H34ClN3O. The van der Waals surface area contributed by atoms with Gasteiger partial charge in [-0.05, 0) is 98.8 Å². The molecule has 4 nitrogen and oxygen atoms in total. The van der Waals surface area contributed by atoms with E-state index in [-0.39, 0.29) is 11.9 Å². The topological polar surface area (TPSA) is 58.4 Å². The minimum Gasteiger partial charge on any atom is -0.351 e. The van der Waals surface area contributed by atoms with Crippen molar-refractivity contribution in [3.8, 4) is 0 Å². The van der Waals surface area contributed by atoms with E-state index in [0.717, 1.165) is 62.3 Å². The molecule has 4 saturated carbocycles. The monoisotopic (exact) mass is 415 g/mol. The molecule has 29 heavy (non-hydrogen) atoms. The fourth-order valence-corrected chi connectivity index (χ4v) is 7.41. The lowest BCUT2D eigenvalue weighted by atomic mass is 9.49. The highest BCUT2D eigenvalue weighted by molar-refractivity contribution is 6.33. The van der Waals surface area contributed by atoms with Gasteiger partial charge >= 0.3 is 0 Å². The number of carbonyl (C=O) groups is 1. The lowest BCUT2D eigenvalue weighted by molar-refractivity contribution is -0.0503. The first kappa shape index (κ1) is 19.8. The third kappa shape index (κ3) is 4.22. The molecule has 1 aromatic rings. The normalized spacial score (nSPS) is 36.3. The number of amides is 1. The van der Waals surface area contributed by atoms with E-state index in [0.29, 0.717) is 16.0 Å². The minimum absolute atomic E-state index is 0.0112. The molecule has 5 fully saturated rings. The minimum atomic E-state index is -0.0112. The zero-order valence-corrected chi connectivity index (χ0v) is 18.1. The third-order valence-electron chi connectivity index (χ3n) is 8.01. The second kappa shape index (κ2) is 7.86. The summed E-state index contributed by atoms with van der Waals surface area (Å²) in [6, 6.07) is 6.16. The summed E-state index contributed by atoms with van der Waals surface area (Å²) in [5.74, 6) is 2.70. The van der Waals surface area contributed by atoms with Crippen molar-refractivity contribution in [1.82, 2.24) is 10.2 Å². The molecule has 5 aliphatic rings. The molecular weight excluding hydrogens is 382 g/mol. The average molecular weight is 416 g/mol. The van der Waals surface area contributed by atoms with Gasteiger partial charge in [0.25, 0.3) is 5.91 Å². The second-order valence-corrected chi connectivity index (χ2v) is 11.0. The Morgan fingerprint density at radius 1 is 1.17 bits per heavy atom. The van der Waals surface area contributed by atoms with Gasteiger partial charge in [0.15, 0.2) is 0 Å². The van der Waals surface area contributed by atoms with E-state index in [1.54, 1.807) is 0 Å². The van der Waals surface area contributed by atoms with E-state index < -0.39 is 0 Å². The molecule has 4 bridgehead atoms. The van der Waals surface area contributed by atoms with Crippen LogP contribution in [-0.2, 0) is 6.54 Å². The molecule has 0 spiro atoms. The van der Waals surface area contributed by atoms with Crippen LogP contribution in [0.1, 0.15) is 67.3 Å². The van der Waals surface area contributed by atoms with Crippen LogP contribution in [0.25, 0.3) is 0 Å². The summed E-state index contributed by atoms with van der Waals surface area (Å²) >= 11 is 6.42. The Hall–Kier alpha value is -1.10. The first-order valence-electron chi connectivity index (χ1n) is 11.5. The number of likely N-dealkylation sites (tertiary alicyclic amines) is 1. The molecule has 1 amide bonds. The quantitative estimate of drug-likeness (QED) is 0.757. The maximum atomic E-state index is 13.0. The second-order valence-electron chi connectivity index (χ2n) is 10.6. The lowest BCUT2D eigenvalue weighted by Gasteiger charge is -2.56. The zero-order chi connectivity index (χ0) is 20.0. The molecule has 1 unspecified atom stereocenters. The van der Waals surface area contributed by atoms with Crippen LogP contribution >= 0.6 is 11.6 Å². The van der Waals surface area contributed by atoms with Crippen LogP contribution in [0.4, 0.5) is 0 Å². The van der Waals surface area contributed by atoms with Crippen molar-refractivity contribution >= 4 is 17.5 Å². The van der Waals surface area contributed by atoms with Gasteiger partial charge in [-0.2, -0.15) is 0 Å². The highest BCUT2D eigenvalue weighted by Gasteiger charge is 2.50. The van der Waals surface area contributed by atoms with Gasteiger partial charge in [-0.3, -0.25) is 9.69 Å². The van der Waals surface area contributed by atoms with Crippen molar-refractivity contribution in [2.75, 3.05) is 19.6 Å². The Balaban J connectivity index is 1.24. The number of nitrogens with zero attached hydrogens (tertiary/aromatic N) is 1. The number of benzene rings is 1. The predicted octanol–water partition coefficient (Wildman–Crippen LogP) is 4.21. The molecule has 1 aromatic carbocycles. The lowest BCUT2D eigenvalue weighted by Crippen LogP contribution is -2.51. The van der Waals surface area contributed by atoms with E-state index in [2.05, 4.69) is 10.2 Å². The summed E-state index contributed by atoms with van der Waals surface area (Å²) in [5.41, 5.74) is 8.23. The number of hydrogen-bond acceptors (Lipinski definition) is 3. The van der Waals surface area contributed by atoms with Crippen LogP contribution in [0.3, 0.4) is 0 Å². The number of halogens is 1. The molecule has 4 aliphatic carbocycles. The van der Waals surface area contributed by atoms with Crippen molar-refractivity contribution in [3.63, 3.8) is 0 Å². The van der Waals surface area contributed by atoms with Gasteiger partial charge in [-0.25, -0.2) is 0 Å². The molecule has 6 rings (SSSR count). The van der Waals surface area contributed by atoms with Gasteiger partial charge in [-0.1, -0.05) is 17.7 Å². The maximum Gasteiger partial charge on any atom is 0.252 e. The number of nitrogens with one attached hydrogen (secondary N) is 1. The summed E-state index contributed by atoms with van der Waals surface area (Å²) < 4.78 is 0. The van der Waals surface area contributed by atoms with Gasteiger partial charge < -0.3 is 11.1 Å². The smallest absolute Gasteiger partial charge is 0.252 e. The van der Waals surface area contributed by atoms with Gasteiger partial charge in [0.2, 0.25) is 0 Å². The van der Waals surface area contributed by atoms with E-state index in [1.165, 1.54) is 38.5 Å². The molecule has 1 saturated heterocycles.